The summed E-state index contributed by atoms with van der Waals surface area (Å²) in [6.45, 7) is 6.61. The molecule has 3 rings (SSSR count). The van der Waals surface area contributed by atoms with Gasteiger partial charge in [0.15, 0.2) is 17.3 Å². The lowest BCUT2D eigenvalue weighted by Crippen LogP contribution is -2.65. The Morgan fingerprint density at radius 1 is 1.13 bits per heavy atom. The Kier molecular flexibility index (Phi) is 5.84. The summed E-state index contributed by atoms with van der Waals surface area (Å²) in [6.07, 6.45) is -6.60. The van der Waals surface area contributed by atoms with Crippen LogP contribution in [0.1, 0.15) is 48.2 Å². The number of aryl methyl sites for hydroxylation is 1. The Labute approximate surface area is 181 Å². The second kappa shape index (κ2) is 7.96. The summed E-state index contributed by atoms with van der Waals surface area (Å²) in [5, 5.41) is 1.76. The summed E-state index contributed by atoms with van der Waals surface area (Å²) in [7, 11) is 0. The largest absolute Gasteiger partial charge is 0.492 e. The number of ketones is 1. The first-order valence-electron chi connectivity index (χ1n) is 9.23. The molecule has 6 nitrogen and oxygen atoms in total. The molecule has 1 heterocycles. The van der Waals surface area contributed by atoms with Crippen LogP contribution in [0.25, 0.3) is 0 Å². The Morgan fingerprint density at radius 3 is 2.35 bits per heavy atom. The molecule has 1 amide bonds. The molecular weight excluding hydrogens is 439 g/mol. The van der Waals surface area contributed by atoms with Crippen molar-refractivity contribution in [2.75, 3.05) is 0 Å². The molecule has 2 aromatic carbocycles. The molecule has 0 aromatic heterocycles. The van der Waals surface area contributed by atoms with Crippen molar-refractivity contribution in [3.63, 3.8) is 0 Å². The smallest absolute Gasteiger partial charge is 0.424 e. The van der Waals surface area contributed by atoms with Crippen LogP contribution in [-0.2, 0) is 0 Å². The zero-order chi connectivity index (χ0) is 23.1. The van der Waals surface area contributed by atoms with Gasteiger partial charge in [-0.3, -0.25) is 4.79 Å². The molecular formula is C21H19ClF3NO5. The van der Waals surface area contributed by atoms with E-state index in [4.69, 9.17) is 25.8 Å². The van der Waals surface area contributed by atoms with E-state index in [9.17, 15) is 22.8 Å². The van der Waals surface area contributed by atoms with E-state index in [1.54, 1.807) is 32.2 Å². The molecule has 1 N–H and O–H groups in total. The van der Waals surface area contributed by atoms with E-state index < -0.39 is 18.2 Å². The van der Waals surface area contributed by atoms with Crippen molar-refractivity contribution in [3.05, 3.63) is 52.0 Å². The maximum atomic E-state index is 13.8. The van der Waals surface area contributed by atoms with Crippen molar-refractivity contribution >= 4 is 23.5 Å². The van der Waals surface area contributed by atoms with E-state index in [1.165, 1.54) is 25.1 Å². The summed E-state index contributed by atoms with van der Waals surface area (Å²) in [6, 6.07) is 6.64. The highest BCUT2D eigenvalue weighted by molar-refractivity contribution is 6.30. The molecule has 166 valence electrons. The highest BCUT2D eigenvalue weighted by Crippen LogP contribution is 2.46. The normalized spacial score (nSPS) is 17.6. The predicted molar refractivity (Wildman–Crippen MR) is 106 cm³/mol. The molecule has 10 heteroatoms. The molecule has 0 radical (unpaired) electrons. The zero-order valence-electron chi connectivity index (χ0n) is 17.0. The van der Waals surface area contributed by atoms with Crippen LogP contribution in [0.3, 0.4) is 0 Å². The highest BCUT2D eigenvalue weighted by Gasteiger charge is 2.66. The molecule has 31 heavy (non-hydrogen) atoms. The van der Waals surface area contributed by atoms with Crippen LogP contribution in [0.15, 0.2) is 30.3 Å². The van der Waals surface area contributed by atoms with Crippen molar-refractivity contribution < 1.29 is 37.0 Å². The van der Waals surface area contributed by atoms with Crippen LogP contribution in [0, 0.1) is 6.92 Å². The first-order chi connectivity index (χ1) is 14.3. The van der Waals surface area contributed by atoms with Gasteiger partial charge in [0.25, 0.3) is 0 Å². The number of amides is 1. The number of alkyl halides is 3. The third-order valence-electron chi connectivity index (χ3n) is 4.61. The van der Waals surface area contributed by atoms with Gasteiger partial charge in [-0.25, -0.2) is 10.1 Å². The minimum Gasteiger partial charge on any atom is -0.424 e. The average Bonchev–Trinajstić information content (AvgIpc) is 2.99. The Bertz CT molecular complexity index is 1050. The number of ether oxygens (including phenoxy) is 3. The fourth-order valence-electron chi connectivity index (χ4n) is 3.09. The lowest BCUT2D eigenvalue weighted by atomic mass is 9.95. The standard InChI is InChI=1S/C21H19ClF3NO5/c1-10(2)14-9-15(12(4)27)11(3)7-17(14)29-19(28)26-21(20(23,24)25)30-16-6-5-13(22)8-18(16)31-21/h5-10H,1-4H3,(H,26,28)/t21-/m0/s1. The number of benzene rings is 2. The van der Waals surface area contributed by atoms with E-state index in [-0.39, 0.29) is 34.0 Å². The number of carbonyl (C=O) groups is 2. The molecule has 0 saturated carbocycles. The predicted octanol–water partition coefficient (Wildman–Crippen LogP) is 5.75. The van der Waals surface area contributed by atoms with E-state index in [2.05, 4.69) is 0 Å². The summed E-state index contributed by atoms with van der Waals surface area (Å²) in [5.41, 5.74) is 1.42. The van der Waals surface area contributed by atoms with E-state index in [0.29, 0.717) is 16.7 Å². The summed E-state index contributed by atoms with van der Waals surface area (Å²) in [5.74, 6) is -4.35. The lowest BCUT2D eigenvalue weighted by molar-refractivity contribution is -0.318. The second-order valence-corrected chi connectivity index (χ2v) is 7.78. The quantitative estimate of drug-likeness (QED) is 0.592. The van der Waals surface area contributed by atoms with Gasteiger partial charge in [-0.15, -0.1) is 0 Å². The van der Waals surface area contributed by atoms with Gasteiger partial charge >= 0.3 is 18.2 Å². The van der Waals surface area contributed by atoms with Gasteiger partial charge in [0, 0.05) is 16.7 Å². The van der Waals surface area contributed by atoms with Crippen LogP contribution in [0.4, 0.5) is 18.0 Å². The topological polar surface area (TPSA) is 73.9 Å². The van der Waals surface area contributed by atoms with Gasteiger partial charge in [0.1, 0.15) is 5.75 Å². The molecule has 0 bridgehead atoms. The Hall–Kier alpha value is -2.94. The molecule has 1 atom stereocenters. The van der Waals surface area contributed by atoms with Crippen LogP contribution in [0.2, 0.25) is 5.02 Å². The van der Waals surface area contributed by atoms with Gasteiger partial charge in [-0.05, 0) is 55.2 Å². The summed E-state index contributed by atoms with van der Waals surface area (Å²) < 4.78 is 56.4. The van der Waals surface area contributed by atoms with Crippen molar-refractivity contribution in [1.82, 2.24) is 5.32 Å². The van der Waals surface area contributed by atoms with E-state index in [1.807, 2.05) is 0 Å². The van der Waals surface area contributed by atoms with Crippen molar-refractivity contribution in [3.8, 4) is 17.2 Å². The SMILES string of the molecule is CC(=O)c1cc(C(C)C)c(OC(=O)N[C@@]2(C(F)(F)F)Oc3ccc(Cl)cc3O2)cc1C. The Balaban J connectivity index is 1.90. The second-order valence-electron chi connectivity index (χ2n) is 7.34. The van der Waals surface area contributed by atoms with Gasteiger partial charge < -0.3 is 14.2 Å². The molecule has 0 unspecified atom stereocenters. The summed E-state index contributed by atoms with van der Waals surface area (Å²) in [4.78, 5) is 24.3. The number of hydrogen-bond acceptors (Lipinski definition) is 5. The maximum absolute atomic E-state index is 13.8. The molecule has 1 aliphatic heterocycles. The number of rotatable bonds is 4. The van der Waals surface area contributed by atoms with Crippen molar-refractivity contribution in [2.45, 2.75) is 45.7 Å². The third-order valence-corrected chi connectivity index (χ3v) is 4.85. The van der Waals surface area contributed by atoms with Crippen molar-refractivity contribution in [1.29, 1.82) is 0 Å². The number of nitrogens with one attached hydrogen (secondary N) is 1. The van der Waals surface area contributed by atoms with Crippen LogP contribution in [0.5, 0.6) is 17.2 Å². The molecule has 0 fully saturated rings. The van der Waals surface area contributed by atoms with Gasteiger partial charge in [0.2, 0.25) is 0 Å². The van der Waals surface area contributed by atoms with Crippen molar-refractivity contribution in [2.24, 2.45) is 0 Å². The first-order valence-corrected chi connectivity index (χ1v) is 9.60. The number of halogens is 4. The number of carbonyl (C=O) groups excluding carboxylic acids is 2. The fraction of sp³-hybridized carbons (Fsp3) is 0.333. The minimum absolute atomic E-state index is 0.0193. The number of hydrogen-bond donors (Lipinski definition) is 1. The summed E-state index contributed by atoms with van der Waals surface area (Å²) >= 11 is 5.79. The highest BCUT2D eigenvalue weighted by atomic mass is 35.5. The maximum Gasteiger partial charge on any atom is 0.492 e. The van der Waals surface area contributed by atoms with Gasteiger partial charge in [0.05, 0.1) is 0 Å². The number of Topliss-reactive ketones (excluding diaryl/α,β-unsaturated/α-hetero) is 1. The average molecular weight is 458 g/mol. The van der Waals surface area contributed by atoms with Gasteiger partial charge in [-0.1, -0.05) is 25.4 Å². The third kappa shape index (κ3) is 4.41. The number of fused-ring (bicyclic) bond motifs is 1. The molecule has 0 aliphatic carbocycles. The minimum atomic E-state index is -5.15. The van der Waals surface area contributed by atoms with E-state index in [0.717, 1.165) is 6.07 Å². The van der Waals surface area contributed by atoms with Gasteiger partial charge in [-0.2, -0.15) is 13.2 Å². The fourth-order valence-corrected chi connectivity index (χ4v) is 3.25. The molecule has 0 saturated heterocycles. The molecule has 0 spiro atoms. The first kappa shape index (κ1) is 22.7. The monoisotopic (exact) mass is 457 g/mol. The van der Waals surface area contributed by atoms with Crippen LogP contribution >= 0.6 is 11.6 Å². The van der Waals surface area contributed by atoms with E-state index >= 15 is 0 Å². The van der Waals surface area contributed by atoms with Crippen LogP contribution < -0.4 is 19.5 Å². The zero-order valence-corrected chi connectivity index (χ0v) is 17.8. The lowest BCUT2D eigenvalue weighted by Gasteiger charge is -2.29. The molecule has 2 aromatic rings. The molecule has 1 aliphatic rings. The Morgan fingerprint density at radius 2 is 1.77 bits per heavy atom. The van der Waals surface area contributed by atoms with Crippen LogP contribution in [-0.4, -0.2) is 24.0 Å².